The van der Waals surface area contributed by atoms with Crippen LogP contribution in [0.4, 0.5) is 26.3 Å². The molecule has 0 aliphatic rings. The van der Waals surface area contributed by atoms with E-state index < -0.39 is 23.5 Å². The molecule has 0 aliphatic heterocycles. The second-order valence-electron chi connectivity index (χ2n) is 18.8. The molecule has 0 unspecified atom stereocenters. The molecule has 0 saturated carbocycles. The second kappa shape index (κ2) is 19.3. The number of fused-ring (bicyclic) bond motifs is 3. The number of hydrogen-bond donors (Lipinski definition) is 0. The number of alkyl halides is 6. The lowest BCUT2D eigenvalue weighted by Crippen LogP contribution is -2.07. The first-order valence-corrected chi connectivity index (χ1v) is 24.7. The van der Waals surface area contributed by atoms with Crippen LogP contribution in [0.25, 0.3) is 118 Å². The van der Waals surface area contributed by atoms with Crippen LogP contribution < -0.4 is 0 Å². The normalized spacial score (nSPS) is 11.9. The van der Waals surface area contributed by atoms with Gasteiger partial charge in [0, 0.05) is 44.2 Å². The summed E-state index contributed by atoms with van der Waals surface area (Å²) < 4.78 is 88.8. The van der Waals surface area contributed by atoms with E-state index >= 15 is 0 Å². The number of aromatic nitrogens is 6. The van der Waals surface area contributed by atoms with Gasteiger partial charge >= 0.3 is 12.4 Å². The maximum absolute atomic E-state index is 14.9. The highest BCUT2D eigenvalue weighted by molar-refractivity contribution is 6.12. The van der Waals surface area contributed by atoms with Gasteiger partial charge in [0.05, 0.1) is 39.2 Å². The first kappa shape index (κ1) is 48.4. The first-order valence-electron chi connectivity index (χ1n) is 24.7. The molecule has 12 heteroatoms. The summed E-state index contributed by atoms with van der Waals surface area (Å²) >= 11 is 0. The Morgan fingerprint density at radius 1 is 0.338 bits per heavy atom. The van der Waals surface area contributed by atoms with Gasteiger partial charge in [-0.05, 0) is 96.3 Å². The van der Waals surface area contributed by atoms with Crippen molar-refractivity contribution in [3.05, 3.63) is 241 Å². The van der Waals surface area contributed by atoms with Crippen LogP contribution in [0.5, 0.6) is 0 Å². The third-order valence-corrected chi connectivity index (χ3v) is 13.7. The summed E-state index contributed by atoms with van der Waals surface area (Å²) in [5.74, 6) is 1.58. The molecule has 3 aromatic heterocycles. The molecule has 0 amide bonds. The highest BCUT2D eigenvalue weighted by Crippen LogP contribution is 2.44. The molecule has 9 aromatic carbocycles. The van der Waals surface area contributed by atoms with Gasteiger partial charge in [-0.2, -0.15) is 26.3 Å². The molecule has 0 spiro atoms. The van der Waals surface area contributed by atoms with Crippen LogP contribution in [-0.2, 0) is 12.4 Å². The molecule has 374 valence electrons. The van der Waals surface area contributed by atoms with Gasteiger partial charge in [-0.15, -0.1) is 0 Å². The number of benzene rings is 9. The zero-order valence-corrected chi connectivity index (χ0v) is 41.2. The lowest BCUT2D eigenvalue weighted by molar-refractivity contribution is -0.138. The third-order valence-electron chi connectivity index (χ3n) is 13.7. The molecule has 6 nitrogen and oxygen atoms in total. The highest BCUT2D eigenvalue weighted by Gasteiger charge is 2.34. The molecule has 0 saturated heterocycles. The molecule has 0 atom stereocenters. The first-order chi connectivity index (χ1) is 37.2. The highest BCUT2D eigenvalue weighted by atomic mass is 19.4. The van der Waals surface area contributed by atoms with Crippen LogP contribution in [-0.4, -0.2) is 29.5 Å². The SMILES string of the molecule is Cc1ccc(-c2ccc3c4ccc(-c5ccc(C(F)(F)F)cc5C)cc4n(-c4ccc(-c5nc(-c6ccccc6)nc(-c6ccccc6)n5)cc4-c4nc(-c5ccccc5)cc(-c5ccccc5)n4)c3c2)c(C(F)(F)F)c1. The Morgan fingerprint density at radius 3 is 1.30 bits per heavy atom. The van der Waals surface area contributed by atoms with Crippen molar-refractivity contribution in [1.29, 1.82) is 0 Å². The summed E-state index contributed by atoms with van der Waals surface area (Å²) in [6, 6.07) is 65.3. The minimum Gasteiger partial charge on any atom is -0.308 e. The molecule has 77 heavy (non-hydrogen) atoms. The van der Waals surface area contributed by atoms with Gasteiger partial charge < -0.3 is 4.57 Å². The fourth-order valence-electron chi connectivity index (χ4n) is 9.99. The summed E-state index contributed by atoms with van der Waals surface area (Å²) in [6.45, 7) is 3.27. The van der Waals surface area contributed by atoms with Crippen molar-refractivity contribution in [2.75, 3.05) is 0 Å². The monoisotopic (exact) mass is 1020 g/mol. The number of rotatable bonds is 9. The van der Waals surface area contributed by atoms with E-state index in [1.165, 1.54) is 12.1 Å². The van der Waals surface area contributed by atoms with Crippen LogP contribution in [0.3, 0.4) is 0 Å². The minimum absolute atomic E-state index is 0.00289. The number of halogens is 6. The van der Waals surface area contributed by atoms with Crippen molar-refractivity contribution >= 4 is 21.8 Å². The van der Waals surface area contributed by atoms with E-state index in [9.17, 15) is 26.3 Å². The Labute approximate surface area is 438 Å². The lowest BCUT2D eigenvalue weighted by Gasteiger charge is -2.18. The van der Waals surface area contributed by atoms with Crippen molar-refractivity contribution in [2.45, 2.75) is 26.2 Å². The summed E-state index contributed by atoms with van der Waals surface area (Å²) in [4.78, 5) is 25.7. The molecule has 0 N–H and O–H groups in total. The molecule has 3 heterocycles. The second-order valence-corrected chi connectivity index (χ2v) is 18.8. The van der Waals surface area contributed by atoms with E-state index in [-0.39, 0.29) is 5.56 Å². The topological polar surface area (TPSA) is 69.4 Å². The van der Waals surface area contributed by atoms with Crippen LogP contribution in [0.1, 0.15) is 22.3 Å². The Kier molecular flexibility index (Phi) is 12.1. The summed E-state index contributed by atoms with van der Waals surface area (Å²) in [5.41, 5.74) is 8.20. The zero-order valence-electron chi connectivity index (χ0n) is 41.2. The fraction of sp³-hybridized carbons (Fsp3) is 0.0615. The predicted molar refractivity (Wildman–Crippen MR) is 293 cm³/mol. The van der Waals surface area contributed by atoms with E-state index in [2.05, 4.69) is 0 Å². The van der Waals surface area contributed by atoms with Gasteiger partial charge in [0.15, 0.2) is 23.3 Å². The van der Waals surface area contributed by atoms with E-state index in [1.54, 1.807) is 32.0 Å². The Morgan fingerprint density at radius 2 is 0.805 bits per heavy atom. The van der Waals surface area contributed by atoms with Gasteiger partial charge in [0.2, 0.25) is 0 Å². The van der Waals surface area contributed by atoms with Gasteiger partial charge in [0.1, 0.15) is 0 Å². The van der Waals surface area contributed by atoms with Gasteiger partial charge in [-0.25, -0.2) is 24.9 Å². The maximum Gasteiger partial charge on any atom is 0.417 e. The van der Waals surface area contributed by atoms with Gasteiger partial charge in [-0.3, -0.25) is 0 Å². The van der Waals surface area contributed by atoms with E-state index in [0.29, 0.717) is 90.4 Å². The molecule has 12 rings (SSSR count). The van der Waals surface area contributed by atoms with Crippen molar-refractivity contribution in [1.82, 2.24) is 29.5 Å². The van der Waals surface area contributed by atoms with E-state index in [4.69, 9.17) is 24.9 Å². The number of hydrogen-bond acceptors (Lipinski definition) is 5. The summed E-state index contributed by atoms with van der Waals surface area (Å²) in [5, 5.41) is 1.47. The third kappa shape index (κ3) is 9.39. The minimum atomic E-state index is -4.66. The summed E-state index contributed by atoms with van der Waals surface area (Å²) in [7, 11) is 0. The van der Waals surface area contributed by atoms with Crippen LogP contribution in [0, 0.1) is 13.8 Å². The standard InChI is InChI=1S/C65H42F6N6/c1-39-23-28-50(54(33-39)65(69,70)71)46-25-30-52-51-29-24-45(49-31-27-48(34-40(49)2)64(66,67)68)36-58(51)77(59(52)37-46)57-32-26-47(62-75-60(43-19-11-5-12-20-43)74-61(76-62)44-21-13-6-14-22-44)35-53(57)63-72-55(41-15-7-3-8-16-41)38-56(73-63)42-17-9-4-10-18-42/h3-38H,1-2H3. The summed E-state index contributed by atoms with van der Waals surface area (Å²) in [6.07, 6.45) is -9.20. The molecular formula is C65H42F6N6. The van der Waals surface area contributed by atoms with E-state index in [1.807, 2.05) is 174 Å². The Balaban J connectivity index is 1.18. The van der Waals surface area contributed by atoms with E-state index in [0.717, 1.165) is 51.2 Å². The van der Waals surface area contributed by atoms with Crippen LogP contribution in [0.15, 0.2) is 218 Å². The molecule has 0 bridgehead atoms. The molecule has 0 aliphatic carbocycles. The number of nitrogens with zero attached hydrogens (tertiary/aromatic N) is 6. The molecule has 0 fully saturated rings. The molecule has 12 aromatic rings. The zero-order chi connectivity index (χ0) is 53.0. The van der Waals surface area contributed by atoms with Crippen molar-refractivity contribution in [2.24, 2.45) is 0 Å². The largest absolute Gasteiger partial charge is 0.417 e. The lowest BCUT2D eigenvalue weighted by atomic mass is 9.96. The average Bonchev–Trinajstić information content (AvgIpc) is 3.98. The predicted octanol–water partition coefficient (Wildman–Crippen LogP) is 17.7. The average molecular weight is 1020 g/mol. The number of aryl methyl sites for hydroxylation is 2. The van der Waals surface area contributed by atoms with Crippen LogP contribution in [0.2, 0.25) is 0 Å². The van der Waals surface area contributed by atoms with Crippen molar-refractivity contribution < 1.29 is 26.3 Å². The van der Waals surface area contributed by atoms with Crippen LogP contribution >= 0.6 is 0 Å². The maximum atomic E-state index is 14.9. The smallest absolute Gasteiger partial charge is 0.308 e. The van der Waals surface area contributed by atoms with Gasteiger partial charge in [0.25, 0.3) is 0 Å². The Bertz CT molecular complexity index is 4080. The molecular weight excluding hydrogens is 979 g/mol. The quantitative estimate of drug-likeness (QED) is 0.135. The Hall–Kier alpha value is -9.55. The fourth-order valence-corrected chi connectivity index (χ4v) is 9.99. The van der Waals surface area contributed by atoms with Crippen molar-refractivity contribution in [3.8, 4) is 96.0 Å². The van der Waals surface area contributed by atoms with Gasteiger partial charge in [-0.1, -0.05) is 169 Å². The van der Waals surface area contributed by atoms with Crippen molar-refractivity contribution in [3.63, 3.8) is 0 Å². The molecule has 0 radical (unpaired) electrons.